The van der Waals surface area contributed by atoms with Gasteiger partial charge in [-0.15, -0.1) is 10.2 Å². The van der Waals surface area contributed by atoms with Crippen LogP contribution in [0.25, 0.3) is 0 Å². The highest BCUT2D eigenvalue weighted by molar-refractivity contribution is 6.76. The van der Waals surface area contributed by atoms with Crippen molar-refractivity contribution in [3.05, 3.63) is 35.6 Å². The van der Waals surface area contributed by atoms with Crippen molar-refractivity contribution in [1.29, 1.82) is 0 Å². The smallest absolute Gasteiger partial charge is 0.369 e. The number of benzene rings is 1. The lowest BCUT2D eigenvalue weighted by atomic mass is 10.0. The fraction of sp³-hybridized carbons (Fsp3) is 0.533. The molecule has 0 fully saturated rings. The Kier molecular flexibility index (Phi) is 8.65. The molecule has 144 valence electrons. The van der Waals surface area contributed by atoms with E-state index < -0.39 is 24.4 Å². The number of carbonyl (C=O) groups is 1. The number of hydrogen-bond donors (Lipinski definition) is 0. The average molecular weight is 398 g/mol. The van der Waals surface area contributed by atoms with E-state index >= 15 is 0 Å². The van der Waals surface area contributed by atoms with Crippen LogP contribution in [0.3, 0.4) is 0 Å². The van der Waals surface area contributed by atoms with E-state index in [4.69, 9.17) is 23.4 Å². The number of quaternary nitrogens is 1. The van der Waals surface area contributed by atoms with Crippen molar-refractivity contribution in [2.45, 2.75) is 25.7 Å². The zero-order valence-electron chi connectivity index (χ0n) is 15.2. The molecule has 0 aliphatic heterocycles. The summed E-state index contributed by atoms with van der Waals surface area (Å²) in [5.74, 6) is -0.576. The Hall–Kier alpha value is -1.07. The molecule has 1 atom stereocenters. The molecule has 0 saturated carbocycles. The Morgan fingerprint density at radius 1 is 1.16 bits per heavy atom. The van der Waals surface area contributed by atoms with Gasteiger partial charge in [-0.1, -0.05) is 19.6 Å². The van der Waals surface area contributed by atoms with Crippen LogP contribution in [-0.4, -0.2) is 45.9 Å². The van der Waals surface area contributed by atoms with Gasteiger partial charge in [0.1, 0.15) is 13.9 Å². The topological polar surface area (TPSA) is 119 Å². The van der Waals surface area contributed by atoms with Gasteiger partial charge in [-0.05, 0) is 24.3 Å². The molecule has 1 aromatic rings. The first-order chi connectivity index (χ1) is 11.1. The highest BCUT2D eigenvalue weighted by atomic mass is 35.7. The maximum absolute atomic E-state index is 13.1. The van der Waals surface area contributed by atoms with Crippen LogP contribution < -0.4 is 18.6 Å². The number of ether oxygens (including phenoxy) is 1. The minimum Gasteiger partial charge on any atom is -0.464 e. The van der Waals surface area contributed by atoms with E-state index in [9.17, 15) is 9.18 Å². The summed E-state index contributed by atoms with van der Waals surface area (Å²) in [5, 5.41) is 0. The molecule has 0 aliphatic carbocycles. The molecule has 1 aromatic carbocycles. The first-order valence-corrected chi connectivity index (χ1v) is 12.3. The predicted molar refractivity (Wildman–Crippen MR) is 81.5 cm³/mol. The van der Waals surface area contributed by atoms with Crippen molar-refractivity contribution in [1.82, 2.24) is 0 Å². The Morgan fingerprint density at radius 3 is 1.88 bits per heavy atom. The van der Waals surface area contributed by atoms with Gasteiger partial charge >= 0.3 is 5.97 Å². The molecule has 1 unspecified atom stereocenters. The molecule has 25 heavy (non-hydrogen) atoms. The highest BCUT2D eigenvalue weighted by Crippen LogP contribution is 2.28. The summed E-state index contributed by atoms with van der Waals surface area (Å²) >= 11 is 0. The molecule has 1 rings (SSSR count). The molecular formula is C15H25ClFNO6Si. The third-order valence-corrected chi connectivity index (χ3v) is 4.95. The Balaban J connectivity index is 0.00000101. The zero-order chi connectivity index (χ0) is 20.1. The van der Waals surface area contributed by atoms with E-state index in [1.54, 1.807) is 12.1 Å². The van der Waals surface area contributed by atoms with Crippen LogP contribution in [0, 0.1) is 16.1 Å². The predicted octanol–water partition coefficient (Wildman–Crippen LogP) is -1.76. The average Bonchev–Trinajstić information content (AvgIpc) is 2.36. The van der Waals surface area contributed by atoms with Crippen molar-refractivity contribution >= 4 is 14.0 Å². The zero-order valence-corrected chi connectivity index (χ0v) is 17.0. The monoisotopic (exact) mass is 397 g/mol. The fourth-order valence-corrected chi connectivity index (χ4v) is 5.52. The van der Waals surface area contributed by atoms with Gasteiger partial charge in [0.05, 0.1) is 27.4 Å². The second-order valence-corrected chi connectivity index (χ2v) is 13.5. The molecule has 0 saturated heterocycles. The van der Waals surface area contributed by atoms with Crippen LogP contribution >= 0.6 is 0 Å². The van der Waals surface area contributed by atoms with Crippen molar-refractivity contribution in [2.24, 2.45) is 0 Å². The molecule has 0 amide bonds. The minimum absolute atomic E-state index is 0.278. The SMILES string of the molecule is COC(=O)C(c1ccc(F)cc1)[N+](C)(C)C[Si](C)(C)C.[O-][Cl+3]([O-])([O-])[O-]. The third-order valence-electron chi connectivity index (χ3n) is 3.19. The number of esters is 1. The van der Waals surface area contributed by atoms with E-state index in [0.29, 0.717) is 4.48 Å². The lowest BCUT2D eigenvalue weighted by molar-refractivity contribution is -2.00. The van der Waals surface area contributed by atoms with Gasteiger partial charge in [-0.3, -0.25) is 0 Å². The summed E-state index contributed by atoms with van der Waals surface area (Å²) in [5.41, 5.74) is 0.793. The molecule has 10 heteroatoms. The Morgan fingerprint density at radius 2 is 1.56 bits per heavy atom. The summed E-state index contributed by atoms with van der Waals surface area (Å²) < 4.78 is 52.5. The number of nitrogens with zero attached hydrogens (tertiary/aromatic N) is 1. The van der Waals surface area contributed by atoms with Gasteiger partial charge in [-0.25, -0.2) is 27.8 Å². The maximum Gasteiger partial charge on any atom is 0.369 e. The fourth-order valence-electron chi connectivity index (χ4n) is 2.90. The van der Waals surface area contributed by atoms with Gasteiger partial charge in [0.2, 0.25) is 6.04 Å². The largest absolute Gasteiger partial charge is 0.464 e. The number of rotatable bonds is 5. The van der Waals surface area contributed by atoms with Gasteiger partial charge in [-0.2, -0.15) is 0 Å². The number of methoxy groups -OCH3 is 1. The molecule has 0 bridgehead atoms. The first-order valence-electron chi connectivity index (χ1n) is 7.34. The van der Waals surface area contributed by atoms with Crippen LogP contribution in [0.15, 0.2) is 24.3 Å². The molecule has 0 heterocycles. The minimum atomic E-state index is -4.94. The van der Waals surface area contributed by atoms with Crippen molar-refractivity contribution in [2.75, 3.05) is 27.4 Å². The lowest BCUT2D eigenvalue weighted by Gasteiger charge is -2.40. The van der Waals surface area contributed by atoms with E-state index in [1.165, 1.54) is 19.2 Å². The van der Waals surface area contributed by atoms with E-state index in [1.807, 2.05) is 14.1 Å². The van der Waals surface area contributed by atoms with Crippen LogP contribution in [0.5, 0.6) is 0 Å². The van der Waals surface area contributed by atoms with E-state index in [0.717, 1.165) is 11.7 Å². The molecule has 0 aliphatic rings. The number of hydrogen-bond acceptors (Lipinski definition) is 6. The van der Waals surface area contributed by atoms with Crippen molar-refractivity contribution in [3.63, 3.8) is 0 Å². The van der Waals surface area contributed by atoms with Crippen molar-refractivity contribution in [3.8, 4) is 0 Å². The second-order valence-electron chi connectivity index (χ2n) is 7.35. The quantitative estimate of drug-likeness (QED) is 0.330. The summed E-state index contributed by atoms with van der Waals surface area (Å²) in [6.07, 6.45) is 0.935. The molecule has 0 radical (unpaired) electrons. The third kappa shape index (κ3) is 10.5. The molecule has 0 spiro atoms. The molecule has 0 N–H and O–H groups in total. The summed E-state index contributed by atoms with van der Waals surface area (Å²) in [6, 6.07) is 5.69. The Labute approximate surface area is 150 Å². The van der Waals surface area contributed by atoms with Crippen LogP contribution in [-0.2, 0) is 9.53 Å². The van der Waals surface area contributed by atoms with Gasteiger partial charge < -0.3 is 9.22 Å². The summed E-state index contributed by atoms with van der Waals surface area (Å²) in [7, 11) is -0.854. The first kappa shape index (κ1) is 23.9. The molecule has 7 nitrogen and oxygen atoms in total. The Bertz CT molecular complexity index is 551. The van der Waals surface area contributed by atoms with Gasteiger partial charge in [0.15, 0.2) is 0 Å². The number of halogens is 2. The van der Waals surface area contributed by atoms with Crippen LogP contribution in [0.4, 0.5) is 4.39 Å². The van der Waals surface area contributed by atoms with Gasteiger partial charge in [0.25, 0.3) is 0 Å². The standard InChI is InChI=1S/C15H25FNO2Si.ClHO4/c1-17(2,11-20(4,5)6)14(15(18)19-3)12-7-9-13(16)10-8-12;2-1(3,4)5/h7-10,14H,11H2,1-6H3;(H,2,3,4,5)/q+1;/p-1. The highest BCUT2D eigenvalue weighted by Gasteiger charge is 2.40. The normalized spacial score (nSPS) is 13.6. The number of carbonyl (C=O) groups excluding carboxylic acids is 1. The number of likely N-dealkylation sites (N-methyl/N-ethyl adjacent to an activating group) is 1. The maximum atomic E-state index is 13.1. The second kappa shape index (κ2) is 9.04. The molecule has 0 aromatic heterocycles. The van der Waals surface area contributed by atoms with Crippen LogP contribution in [0.2, 0.25) is 19.6 Å². The van der Waals surface area contributed by atoms with Crippen LogP contribution in [0.1, 0.15) is 11.6 Å². The van der Waals surface area contributed by atoms with E-state index in [2.05, 4.69) is 19.6 Å². The summed E-state index contributed by atoms with van der Waals surface area (Å²) in [6.45, 7) is 6.81. The lowest BCUT2D eigenvalue weighted by Crippen LogP contribution is -2.68. The van der Waals surface area contributed by atoms with Gasteiger partial charge in [0, 0.05) is 5.56 Å². The molecular weight excluding hydrogens is 373 g/mol. The van der Waals surface area contributed by atoms with Crippen molar-refractivity contribution < 1.29 is 47.3 Å². The summed E-state index contributed by atoms with van der Waals surface area (Å²) in [4.78, 5) is 12.2. The van der Waals surface area contributed by atoms with E-state index in [-0.39, 0.29) is 11.8 Å².